The second kappa shape index (κ2) is 10.4. The molecule has 1 aliphatic rings. The molecule has 0 saturated carbocycles. The van der Waals surface area contributed by atoms with Crippen LogP contribution in [0.1, 0.15) is 25.0 Å². The summed E-state index contributed by atoms with van der Waals surface area (Å²) < 4.78 is 22.9. The molecule has 3 atom stereocenters. The molecule has 0 amide bonds. The van der Waals surface area contributed by atoms with Crippen molar-refractivity contribution in [2.45, 2.75) is 46.0 Å². The first-order valence-electron chi connectivity index (χ1n) is 11.4. The summed E-state index contributed by atoms with van der Waals surface area (Å²) in [5, 5.41) is 11.5. The van der Waals surface area contributed by atoms with Gasteiger partial charge in [0.2, 0.25) is 11.2 Å². The normalized spacial score (nSPS) is 19.8. The van der Waals surface area contributed by atoms with Crippen molar-refractivity contribution in [3.8, 4) is 17.2 Å². The standard InChI is InChI=1S/C26H30ClNO6/c1-15-7-21(8-16(2)25(15)27)34-24-14-32-23-9-20(5-6-22(23)26(24)30)31-13-19(29)12-28-10-17(3)33-18(4)11-28/h5-9,14,17-19,29H,10-13H2,1-4H3/t17-,18+,19-/m0/s1. The Morgan fingerprint density at radius 3 is 2.47 bits per heavy atom. The fourth-order valence-electron chi connectivity index (χ4n) is 4.32. The van der Waals surface area contributed by atoms with Crippen LogP contribution in [0.25, 0.3) is 11.0 Å². The fourth-order valence-corrected chi connectivity index (χ4v) is 4.43. The Morgan fingerprint density at radius 2 is 1.79 bits per heavy atom. The van der Waals surface area contributed by atoms with Crippen molar-refractivity contribution < 1.29 is 23.7 Å². The summed E-state index contributed by atoms with van der Waals surface area (Å²) in [5.41, 5.74) is 1.82. The number of aliphatic hydroxyl groups excluding tert-OH is 1. The second-order valence-corrected chi connectivity index (χ2v) is 9.38. The first kappa shape index (κ1) is 24.5. The minimum atomic E-state index is -0.651. The number of ether oxygens (including phenoxy) is 3. The number of nitrogens with zero attached hydrogens (tertiary/aromatic N) is 1. The third kappa shape index (κ3) is 5.73. The predicted molar refractivity (Wildman–Crippen MR) is 131 cm³/mol. The maximum Gasteiger partial charge on any atom is 0.235 e. The second-order valence-electron chi connectivity index (χ2n) is 9.00. The number of hydrogen-bond acceptors (Lipinski definition) is 7. The summed E-state index contributed by atoms with van der Waals surface area (Å²) in [4.78, 5) is 15.1. The lowest BCUT2D eigenvalue weighted by atomic mass is 10.1. The summed E-state index contributed by atoms with van der Waals surface area (Å²) in [6, 6.07) is 8.52. The minimum Gasteiger partial charge on any atom is -0.491 e. The molecule has 0 unspecified atom stereocenters. The molecule has 1 aromatic heterocycles. The van der Waals surface area contributed by atoms with Crippen LogP contribution in [-0.4, -0.2) is 54.6 Å². The molecule has 1 N–H and O–H groups in total. The molecule has 8 heteroatoms. The SMILES string of the molecule is Cc1cc(Oc2coc3cc(OC[C@@H](O)CN4C[C@@H](C)O[C@@H](C)C4)ccc3c2=O)cc(C)c1Cl. The average molecular weight is 488 g/mol. The van der Waals surface area contributed by atoms with Gasteiger partial charge in [-0.2, -0.15) is 0 Å². The molecular weight excluding hydrogens is 458 g/mol. The molecule has 182 valence electrons. The van der Waals surface area contributed by atoms with Gasteiger partial charge >= 0.3 is 0 Å². The summed E-state index contributed by atoms with van der Waals surface area (Å²) in [6.45, 7) is 10.0. The molecule has 0 spiro atoms. The van der Waals surface area contributed by atoms with E-state index in [1.165, 1.54) is 6.26 Å². The van der Waals surface area contributed by atoms with Gasteiger partial charge in [-0.3, -0.25) is 9.69 Å². The van der Waals surface area contributed by atoms with Crippen molar-refractivity contribution >= 4 is 22.6 Å². The van der Waals surface area contributed by atoms with Crippen LogP contribution >= 0.6 is 11.6 Å². The molecule has 0 bridgehead atoms. The topological polar surface area (TPSA) is 81.4 Å². The van der Waals surface area contributed by atoms with E-state index in [0.717, 1.165) is 24.2 Å². The quantitative estimate of drug-likeness (QED) is 0.517. The van der Waals surface area contributed by atoms with Gasteiger partial charge in [0, 0.05) is 30.7 Å². The number of aliphatic hydroxyl groups is 1. The largest absolute Gasteiger partial charge is 0.491 e. The van der Waals surface area contributed by atoms with E-state index < -0.39 is 6.10 Å². The lowest BCUT2D eigenvalue weighted by Crippen LogP contribution is -2.48. The molecule has 7 nitrogen and oxygen atoms in total. The van der Waals surface area contributed by atoms with Gasteiger partial charge in [0.1, 0.15) is 36.1 Å². The van der Waals surface area contributed by atoms with Crippen LogP contribution in [0.2, 0.25) is 5.02 Å². The summed E-state index contributed by atoms with van der Waals surface area (Å²) >= 11 is 6.21. The van der Waals surface area contributed by atoms with Gasteiger partial charge in [0.25, 0.3) is 0 Å². The molecule has 0 aliphatic carbocycles. The van der Waals surface area contributed by atoms with Gasteiger partial charge in [0.15, 0.2) is 0 Å². The van der Waals surface area contributed by atoms with Crippen molar-refractivity contribution in [1.82, 2.24) is 4.90 Å². The smallest absolute Gasteiger partial charge is 0.235 e. The fraction of sp³-hybridized carbons (Fsp3) is 0.423. The number of fused-ring (bicyclic) bond motifs is 1. The van der Waals surface area contributed by atoms with E-state index in [-0.39, 0.29) is 30.0 Å². The molecule has 2 aromatic carbocycles. The number of halogens is 1. The maximum absolute atomic E-state index is 12.9. The highest BCUT2D eigenvalue weighted by atomic mass is 35.5. The summed E-state index contributed by atoms with van der Waals surface area (Å²) in [7, 11) is 0. The van der Waals surface area contributed by atoms with Crippen LogP contribution in [0.4, 0.5) is 0 Å². The highest BCUT2D eigenvalue weighted by Gasteiger charge is 2.24. The van der Waals surface area contributed by atoms with Gasteiger partial charge in [0.05, 0.1) is 17.6 Å². The van der Waals surface area contributed by atoms with Gasteiger partial charge in [-0.1, -0.05) is 11.6 Å². The van der Waals surface area contributed by atoms with Gasteiger partial charge in [-0.05, 0) is 63.1 Å². The van der Waals surface area contributed by atoms with E-state index >= 15 is 0 Å². The average Bonchev–Trinajstić information content (AvgIpc) is 2.77. The van der Waals surface area contributed by atoms with Gasteiger partial charge < -0.3 is 23.7 Å². The number of rotatable bonds is 7. The van der Waals surface area contributed by atoms with Crippen LogP contribution in [0.5, 0.6) is 17.2 Å². The number of hydrogen-bond donors (Lipinski definition) is 1. The molecule has 1 fully saturated rings. The Morgan fingerprint density at radius 1 is 1.12 bits per heavy atom. The highest BCUT2D eigenvalue weighted by Crippen LogP contribution is 2.29. The molecule has 1 saturated heterocycles. The Balaban J connectivity index is 1.42. The Labute approximate surface area is 203 Å². The monoisotopic (exact) mass is 487 g/mol. The van der Waals surface area contributed by atoms with Gasteiger partial charge in [-0.25, -0.2) is 0 Å². The number of β-amino-alcohol motifs (C(OH)–C–C–N with tert-alkyl or cyclic N) is 1. The van der Waals surface area contributed by atoms with Crippen LogP contribution in [0, 0.1) is 13.8 Å². The van der Waals surface area contributed by atoms with Crippen LogP contribution in [-0.2, 0) is 4.74 Å². The van der Waals surface area contributed by atoms with Crippen molar-refractivity contribution in [1.29, 1.82) is 0 Å². The van der Waals surface area contributed by atoms with Crippen molar-refractivity contribution in [3.63, 3.8) is 0 Å². The molecule has 1 aliphatic heterocycles. The van der Waals surface area contributed by atoms with Gasteiger partial charge in [-0.15, -0.1) is 0 Å². The Kier molecular flexibility index (Phi) is 7.48. The van der Waals surface area contributed by atoms with Crippen LogP contribution in [0.3, 0.4) is 0 Å². The molecule has 3 aromatic rings. The van der Waals surface area contributed by atoms with E-state index in [2.05, 4.69) is 4.90 Å². The first-order valence-corrected chi connectivity index (χ1v) is 11.8. The zero-order valence-electron chi connectivity index (χ0n) is 19.8. The molecular formula is C26H30ClNO6. The van der Waals surface area contributed by atoms with E-state index in [1.807, 2.05) is 27.7 Å². The highest BCUT2D eigenvalue weighted by molar-refractivity contribution is 6.32. The maximum atomic E-state index is 12.9. The molecule has 2 heterocycles. The molecule has 4 rings (SSSR count). The lowest BCUT2D eigenvalue weighted by molar-refractivity contribution is -0.0786. The van der Waals surface area contributed by atoms with Crippen LogP contribution in [0.15, 0.2) is 45.8 Å². The Hall–Kier alpha value is -2.58. The zero-order chi connectivity index (χ0) is 24.4. The van der Waals surface area contributed by atoms with E-state index in [9.17, 15) is 9.90 Å². The van der Waals surface area contributed by atoms with Crippen molar-refractivity contribution in [2.24, 2.45) is 0 Å². The van der Waals surface area contributed by atoms with Crippen LogP contribution < -0.4 is 14.9 Å². The van der Waals surface area contributed by atoms with E-state index in [1.54, 1.807) is 30.3 Å². The third-order valence-corrected chi connectivity index (χ3v) is 6.35. The van der Waals surface area contributed by atoms with E-state index in [0.29, 0.717) is 34.0 Å². The zero-order valence-corrected chi connectivity index (χ0v) is 20.6. The third-order valence-electron chi connectivity index (χ3n) is 5.76. The summed E-state index contributed by atoms with van der Waals surface area (Å²) in [5.74, 6) is 1.12. The predicted octanol–water partition coefficient (Wildman–Crippen LogP) is 4.70. The lowest BCUT2D eigenvalue weighted by Gasteiger charge is -2.36. The first-order chi connectivity index (χ1) is 16.2. The number of benzene rings is 2. The summed E-state index contributed by atoms with van der Waals surface area (Å²) in [6.07, 6.45) is 0.926. The number of aryl methyl sites for hydroxylation is 2. The van der Waals surface area contributed by atoms with Crippen molar-refractivity contribution in [2.75, 3.05) is 26.2 Å². The minimum absolute atomic E-state index is 0.0895. The Bertz CT molecular complexity index is 1190. The number of morpholine rings is 1. The van der Waals surface area contributed by atoms with E-state index in [4.69, 9.17) is 30.2 Å². The molecule has 34 heavy (non-hydrogen) atoms. The van der Waals surface area contributed by atoms with Crippen molar-refractivity contribution in [3.05, 3.63) is 63.0 Å². The molecule has 0 radical (unpaired) electrons.